The molecule has 1 atom stereocenters. The fraction of sp³-hybridized carbons (Fsp3) is 0.308. The third-order valence-corrected chi connectivity index (χ3v) is 4.07. The summed E-state index contributed by atoms with van der Waals surface area (Å²) in [5.74, 6) is 0. The van der Waals surface area contributed by atoms with Gasteiger partial charge < -0.3 is 5.73 Å². The Morgan fingerprint density at radius 2 is 2.28 bits per heavy atom. The first kappa shape index (κ1) is 13.6. The molecule has 0 saturated heterocycles. The van der Waals surface area contributed by atoms with E-state index in [0.29, 0.717) is 5.02 Å². The lowest BCUT2D eigenvalue weighted by molar-refractivity contribution is 0.657. The predicted molar refractivity (Wildman–Crippen MR) is 77.7 cm³/mol. The highest BCUT2D eigenvalue weighted by molar-refractivity contribution is 9.10. The second-order valence-corrected chi connectivity index (χ2v) is 5.45. The molecule has 2 aromatic rings. The van der Waals surface area contributed by atoms with Gasteiger partial charge in [0.05, 0.1) is 11.2 Å². The Kier molecular flexibility index (Phi) is 4.43. The number of hydrogen-bond acceptors (Lipinski definition) is 2. The van der Waals surface area contributed by atoms with Gasteiger partial charge in [-0.25, -0.2) is 0 Å². The molecule has 0 aliphatic heterocycles. The van der Waals surface area contributed by atoms with Crippen molar-refractivity contribution >= 4 is 27.5 Å². The Bertz CT molecular complexity index is 539. The van der Waals surface area contributed by atoms with E-state index >= 15 is 0 Å². The molecule has 0 aliphatic carbocycles. The number of hydrogen-bond donors (Lipinski definition) is 1. The zero-order chi connectivity index (χ0) is 13.1. The molecular formula is C13H15BrClN3. The first-order valence-electron chi connectivity index (χ1n) is 5.82. The Hall–Kier alpha value is -0.840. The maximum atomic E-state index is 6.19. The van der Waals surface area contributed by atoms with E-state index < -0.39 is 0 Å². The SMILES string of the molecule is CCn1cc(CC(N)c2ccc(Br)c(Cl)c2)cn1. The van der Waals surface area contributed by atoms with Crippen LogP contribution >= 0.6 is 27.5 Å². The van der Waals surface area contributed by atoms with Gasteiger partial charge in [0.15, 0.2) is 0 Å². The van der Waals surface area contributed by atoms with Crippen molar-refractivity contribution in [3.8, 4) is 0 Å². The van der Waals surface area contributed by atoms with Crippen LogP contribution in [0.15, 0.2) is 35.1 Å². The Morgan fingerprint density at radius 1 is 1.50 bits per heavy atom. The molecule has 0 amide bonds. The Morgan fingerprint density at radius 3 is 2.89 bits per heavy atom. The molecule has 1 heterocycles. The number of aryl methyl sites for hydroxylation is 1. The molecule has 96 valence electrons. The van der Waals surface area contributed by atoms with E-state index in [1.807, 2.05) is 35.3 Å². The molecule has 0 fully saturated rings. The minimum Gasteiger partial charge on any atom is -0.324 e. The van der Waals surface area contributed by atoms with Gasteiger partial charge in [-0.3, -0.25) is 4.68 Å². The van der Waals surface area contributed by atoms with Crippen molar-refractivity contribution in [1.29, 1.82) is 0 Å². The van der Waals surface area contributed by atoms with Crippen molar-refractivity contribution in [2.24, 2.45) is 5.73 Å². The summed E-state index contributed by atoms with van der Waals surface area (Å²) in [6.07, 6.45) is 4.65. The lowest BCUT2D eigenvalue weighted by Crippen LogP contribution is -2.13. The van der Waals surface area contributed by atoms with Crippen LogP contribution in [0.4, 0.5) is 0 Å². The molecular weight excluding hydrogens is 314 g/mol. The van der Waals surface area contributed by atoms with Crippen molar-refractivity contribution in [2.45, 2.75) is 25.9 Å². The van der Waals surface area contributed by atoms with E-state index in [9.17, 15) is 0 Å². The molecule has 1 aromatic carbocycles. The lowest BCUT2D eigenvalue weighted by Gasteiger charge is -2.11. The zero-order valence-electron chi connectivity index (χ0n) is 10.1. The molecule has 1 aromatic heterocycles. The van der Waals surface area contributed by atoms with Gasteiger partial charge in [0, 0.05) is 23.3 Å². The number of halogens is 2. The molecule has 0 spiro atoms. The third kappa shape index (κ3) is 3.13. The van der Waals surface area contributed by atoms with Crippen LogP contribution in [0.25, 0.3) is 0 Å². The molecule has 2 rings (SSSR count). The van der Waals surface area contributed by atoms with Crippen LogP contribution in [-0.2, 0) is 13.0 Å². The highest BCUT2D eigenvalue weighted by Gasteiger charge is 2.10. The topological polar surface area (TPSA) is 43.8 Å². The van der Waals surface area contributed by atoms with Crippen molar-refractivity contribution < 1.29 is 0 Å². The third-order valence-electron chi connectivity index (χ3n) is 2.84. The quantitative estimate of drug-likeness (QED) is 0.932. The molecule has 1 unspecified atom stereocenters. The summed E-state index contributed by atoms with van der Waals surface area (Å²) in [5.41, 5.74) is 8.36. The number of benzene rings is 1. The first-order valence-corrected chi connectivity index (χ1v) is 6.99. The summed E-state index contributed by atoms with van der Waals surface area (Å²) in [6, 6.07) is 5.75. The molecule has 0 bridgehead atoms. The van der Waals surface area contributed by atoms with E-state index in [0.717, 1.165) is 28.6 Å². The molecule has 5 heteroatoms. The van der Waals surface area contributed by atoms with E-state index in [-0.39, 0.29) is 6.04 Å². The van der Waals surface area contributed by atoms with Crippen molar-refractivity contribution in [2.75, 3.05) is 0 Å². The van der Waals surface area contributed by atoms with Gasteiger partial charge in [-0.1, -0.05) is 17.7 Å². The summed E-state index contributed by atoms with van der Waals surface area (Å²) in [7, 11) is 0. The van der Waals surface area contributed by atoms with Crippen LogP contribution in [0.5, 0.6) is 0 Å². The number of aromatic nitrogens is 2. The molecule has 3 nitrogen and oxygen atoms in total. The summed E-state index contributed by atoms with van der Waals surface area (Å²) in [6.45, 7) is 2.94. The van der Waals surface area contributed by atoms with E-state index in [4.69, 9.17) is 17.3 Å². The summed E-state index contributed by atoms with van der Waals surface area (Å²) in [5, 5.41) is 4.93. The van der Waals surface area contributed by atoms with Crippen LogP contribution in [0.1, 0.15) is 24.1 Å². The largest absolute Gasteiger partial charge is 0.324 e. The maximum Gasteiger partial charge on any atom is 0.0551 e. The van der Waals surface area contributed by atoms with Crippen LogP contribution in [0.2, 0.25) is 5.02 Å². The van der Waals surface area contributed by atoms with E-state index in [2.05, 4.69) is 28.0 Å². The standard InChI is InChI=1S/C13H15BrClN3/c1-2-18-8-9(7-17-18)5-13(16)10-3-4-11(14)12(15)6-10/h3-4,6-8,13H,2,5,16H2,1H3. The summed E-state index contributed by atoms with van der Waals surface area (Å²) in [4.78, 5) is 0. The van der Waals surface area contributed by atoms with Crippen molar-refractivity contribution in [3.05, 3.63) is 51.2 Å². The smallest absolute Gasteiger partial charge is 0.0551 e. The fourth-order valence-electron chi connectivity index (χ4n) is 1.80. The minimum atomic E-state index is -0.0647. The molecule has 18 heavy (non-hydrogen) atoms. The Labute approximate surface area is 120 Å². The van der Waals surface area contributed by atoms with E-state index in [1.165, 1.54) is 0 Å². The lowest BCUT2D eigenvalue weighted by atomic mass is 10.0. The second-order valence-electron chi connectivity index (χ2n) is 4.19. The molecule has 0 radical (unpaired) electrons. The number of rotatable bonds is 4. The van der Waals surface area contributed by atoms with Crippen molar-refractivity contribution in [1.82, 2.24) is 9.78 Å². The fourth-order valence-corrected chi connectivity index (χ4v) is 2.24. The van der Waals surface area contributed by atoms with Gasteiger partial charge in [-0.05, 0) is 52.5 Å². The van der Waals surface area contributed by atoms with Crippen molar-refractivity contribution in [3.63, 3.8) is 0 Å². The first-order chi connectivity index (χ1) is 8.60. The van der Waals surface area contributed by atoms with E-state index in [1.54, 1.807) is 0 Å². The number of nitrogens with two attached hydrogens (primary N) is 1. The second kappa shape index (κ2) is 5.87. The Balaban J connectivity index is 2.11. The number of nitrogens with zero attached hydrogens (tertiary/aromatic N) is 2. The molecule has 0 saturated carbocycles. The monoisotopic (exact) mass is 327 g/mol. The zero-order valence-corrected chi connectivity index (χ0v) is 12.4. The highest BCUT2D eigenvalue weighted by atomic mass is 79.9. The van der Waals surface area contributed by atoms with Gasteiger partial charge in [0.1, 0.15) is 0 Å². The molecule has 0 aliphatic rings. The average molecular weight is 329 g/mol. The minimum absolute atomic E-state index is 0.0647. The van der Waals surface area contributed by atoms with Gasteiger partial charge in [0.2, 0.25) is 0 Å². The van der Waals surface area contributed by atoms with Crippen LogP contribution in [-0.4, -0.2) is 9.78 Å². The van der Waals surface area contributed by atoms with Gasteiger partial charge in [-0.2, -0.15) is 5.10 Å². The summed E-state index contributed by atoms with van der Waals surface area (Å²) < 4.78 is 2.79. The highest BCUT2D eigenvalue weighted by Crippen LogP contribution is 2.26. The summed E-state index contributed by atoms with van der Waals surface area (Å²) >= 11 is 9.44. The predicted octanol–water partition coefficient (Wildman–Crippen LogP) is 3.56. The van der Waals surface area contributed by atoms with Gasteiger partial charge >= 0.3 is 0 Å². The molecule has 2 N–H and O–H groups in total. The average Bonchev–Trinajstić information content (AvgIpc) is 2.80. The van der Waals surface area contributed by atoms with Crippen LogP contribution < -0.4 is 5.73 Å². The normalized spacial score (nSPS) is 12.7. The van der Waals surface area contributed by atoms with Gasteiger partial charge in [0.25, 0.3) is 0 Å². The van der Waals surface area contributed by atoms with Crippen LogP contribution in [0, 0.1) is 0 Å². The van der Waals surface area contributed by atoms with Gasteiger partial charge in [-0.15, -0.1) is 0 Å². The maximum absolute atomic E-state index is 6.19. The van der Waals surface area contributed by atoms with Crippen LogP contribution in [0.3, 0.4) is 0 Å².